The Labute approximate surface area is 135 Å². The molecule has 1 N–H and O–H groups in total. The van der Waals surface area contributed by atoms with Crippen molar-refractivity contribution in [3.05, 3.63) is 28.7 Å². The van der Waals surface area contributed by atoms with E-state index in [2.05, 4.69) is 0 Å². The van der Waals surface area contributed by atoms with Gasteiger partial charge in [0.1, 0.15) is 10.5 Å². The van der Waals surface area contributed by atoms with Crippen LogP contribution in [0.15, 0.2) is 28.0 Å². The Morgan fingerprint density at radius 3 is 2.43 bits per heavy atom. The Morgan fingerprint density at radius 1 is 1.39 bits per heavy atom. The first-order valence-electron chi connectivity index (χ1n) is 7.16. The SMILES string of the molecule is CCCCN(C(=O)OC(C)(C)C)n1ccc(S(=O)(=O)O)cc1=O. The molecule has 0 bridgehead atoms. The van der Waals surface area contributed by atoms with E-state index in [0.29, 0.717) is 6.42 Å². The first kappa shape index (κ1) is 19.2. The summed E-state index contributed by atoms with van der Waals surface area (Å²) in [4.78, 5) is 23.8. The lowest BCUT2D eigenvalue weighted by atomic mass is 10.2. The highest BCUT2D eigenvalue weighted by Gasteiger charge is 2.24. The summed E-state index contributed by atoms with van der Waals surface area (Å²) >= 11 is 0. The number of pyridine rings is 1. The number of carbonyl (C=O) groups excluding carboxylic acids is 1. The fourth-order valence-electron chi connectivity index (χ4n) is 1.72. The Hall–Kier alpha value is -1.87. The van der Waals surface area contributed by atoms with E-state index in [1.807, 2.05) is 6.92 Å². The van der Waals surface area contributed by atoms with Crippen molar-refractivity contribution in [3.8, 4) is 0 Å². The van der Waals surface area contributed by atoms with E-state index < -0.39 is 32.3 Å². The molecule has 130 valence electrons. The predicted molar refractivity (Wildman–Crippen MR) is 84.7 cm³/mol. The van der Waals surface area contributed by atoms with Crippen molar-refractivity contribution in [2.75, 3.05) is 11.6 Å². The second-order valence-corrected chi connectivity index (χ2v) is 7.40. The highest BCUT2D eigenvalue weighted by Crippen LogP contribution is 2.11. The zero-order valence-corrected chi connectivity index (χ0v) is 14.5. The molecule has 9 heteroatoms. The molecule has 23 heavy (non-hydrogen) atoms. The van der Waals surface area contributed by atoms with Crippen molar-refractivity contribution in [2.24, 2.45) is 0 Å². The Kier molecular flexibility index (Phi) is 5.95. The number of ether oxygens (including phenoxy) is 1. The molecule has 1 aromatic heterocycles. The van der Waals surface area contributed by atoms with Gasteiger partial charge >= 0.3 is 6.09 Å². The largest absolute Gasteiger partial charge is 0.442 e. The maximum absolute atomic E-state index is 12.3. The number of amides is 1. The van der Waals surface area contributed by atoms with Crippen LogP contribution in [0.2, 0.25) is 0 Å². The van der Waals surface area contributed by atoms with E-state index in [9.17, 15) is 18.0 Å². The van der Waals surface area contributed by atoms with Crippen molar-refractivity contribution in [3.63, 3.8) is 0 Å². The molecule has 1 heterocycles. The number of hydrogen-bond acceptors (Lipinski definition) is 5. The molecule has 1 amide bonds. The van der Waals surface area contributed by atoms with Crippen molar-refractivity contribution in [2.45, 2.75) is 51.0 Å². The molecule has 0 spiro atoms. The predicted octanol–water partition coefficient (Wildman–Crippen LogP) is 1.77. The Balaban J connectivity index is 3.22. The molecule has 0 aliphatic carbocycles. The second kappa shape index (κ2) is 7.14. The van der Waals surface area contributed by atoms with Gasteiger partial charge in [0.05, 0.1) is 0 Å². The summed E-state index contributed by atoms with van der Waals surface area (Å²) in [7, 11) is -4.48. The third-order valence-corrected chi connectivity index (χ3v) is 3.61. The van der Waals surface area contributed by atoms with Gasteiger partial charge in [0.15, 0.2) is 0 Å². The topological polar surface area (TPSA) is 106 Å². The van der Waals surface area contributed by atoms with Gasteiger partial charge in [-0.15, -0.1) is 0 Å². The molecule has 0 aliphatic heterocycles. The van der Waals surface area contributed by atoms with Gasteiger partial charge in [0.25, 0.3) is 15.7 Å². The number of carbonyl (C=O) groups is 1. The highest BCUT2D eigenvalue weighted by molar-refractivity contribution is 7.85. The third-order valence-electron chi connectivity index (χ3n) is 2.76. The molecular formula is C14H22N2O6S. The van der Waals surface area contributed by atoms with Crippen LogP contribution < -0.4 is 10.6 Å². The molecule has 0 saturated carbocycles. The molecule has 1 aromatic rings. The highest BCUT2D eigenvalue weighted by atomic mass is 32.2. The number of aromatic nitrogens is 1. The fourth-order valence-corrected chi connectivity index (χ4v) is 2.21. The number of hydrogen-bond donors (Lipinski definition) is 1. The molecule has 0 atom stereocenters. The summed E-state index contributed by atoms with van der Waals surface area (Å²) in [6, 6.07) is 1.79. The number of unbranched alkanes of at least 4 members (excludes halogenated alkanes) is 1. The van der Waals surface area contributed by atoms with Crippen LogP contribution in [0.5, 0.6) is 0 Å². The zero-order valence-electron chi connectivity index (χ0n) is 13.6. The normalized spacial score (nSPS) is 12.0. The lowest BCUT2D eigenvalue weighted by Crippen LogP contribution is -2.48. The fraction of sp³-hybridized carbons (Fsp3) is 0.571. The average molecular weight is 346 g/mol. The molecular weight excluding hydrogens is 324 g/mol. The van der Waals surface area contributed by atoms with Crippen LogP contribution in [0.1, 0.15) is 40.5 Å². The maximum Gasteiger partial charge on any atom is 0.429 e. The molecule has 8 nitrogen and oxygen atoms in total. The van der Waals surface area contributed by atoms with Crippen LogP contribution in [0.25, 0.3) is 0 Å². The summed E-state index contributed by atoms with van der Waals surface area (Å²) < 4.78 is 37.3. The van der Waals surface area contributed by atoms with Crippen LogP contribution in [0, 0.1) is 0 Å². The van der Waals surface area contributed by atoms with E-state index in [4.69, 9.17) is 9.29 Å². The molecule has 0 unspecified atom stereocenters. The van der Waals surface area contributed by atoms with E-state index in [1.165, 1.54) is 0 Å². The molecule has 0 aromatic carbocycles. The third kappa shape index (κ3) is 5.68. The lowest BCUT2D eigenvalue weighted by molar-refractivity contribution is 0.0535. The summed E-state index contributed by atoms with van der Waals surface area (Å²) in [5.41, 5.74) is -1.50. The van der Waals surface area contributed by atoms with E-state index in [-0.39, 0.29) is 6.54 Å². The summed E-state index contributed by atoms with van der Waals surface area (Å²) in [5, 5.41) is 1.10. The van der Waals surface area contributed by atoms with Crippen LogP contribution in [0.4, 0.5) is 4.79 Å². The van der Waals surface area contributed by atoms with Crippen LogP contribution in [0.3, 0.4) is 0 Å². The minimum absolute atomic E-state index is 0.233. The van der Waals surface area contributed by atoms with E-state index >= 15 is 0 Å². The molecule has 1 rings (SSSR count). The summed E-state index contributed by atoms with van der Waals surface area (Å²) in [6.07, 6.45) is 1.82. The Bertz CT molecular complexity index is 718. The van der Waals surface area contributed by atoms with Gasteiger partial charge in [-0.1, -0.05) is 13.3 Å². The van der Waals surface area contributed by atoms with E-state index in [0.717, 1.165) is 34.4 Å². The summed E-state index contributed by atoms with van der Waals surface area (Å²) in [5.74, 6) is 0. The zero-order chi connectivity index (χ0) is 17.8. The van der Waals surface area contributed by atoms with Crippen LogP contribution >= 0.6 is 0 Å². The quantitative estimate of drug-likeness (QED) is 0.815. The minimum Gasteiger partial charge on any atom is -0.442 e. The van der Waals surface area contributed by atoms with E-state index in [1.54, 1.807) is 20.8 Å². The monoisotopic (exact) mass is 346 g/mol. The van der Waals surface area contributed by atoms with Gasteiger partial charge in [-0.05, 0) is 33.3 Å². The maximum atomic E-state index is 12.3. The van der Waals surface area contributed by atoms with Crippen LogP contribution in [-0.2, 0) is 14.9 Å². The smallest absolute Gasteiger partial charge is 0.429 e. The van der Waals surface area contributed by atoms with Gasteiger partial charge in [0, 0.05) is 18.8 Å². The van der Waals surface area contributed by atoms with Crippen molar-refractivity contribution in [1.82, 2.24) is 4.68 Å². The molecule has 0 aliphatic rings. The molecule has 0 radical (unpaired) electrons. The van der Waals surface area contributed by atoms with Crippen molar-refractivity contribution in [1.29, 1.82) is 0 Å². The Morgan fingerprint density at radius 2 is 2.00 bits per heavy atom. The lowest BCUT2D eigenvalue weighted by Gasteiger charge is -2.28. The van der Waals surface area contributed by atoms with Gasteiger partial charge in [-0.2, -0.15) is 8.42 Å². The van der Waals surface area contributed by atoms with Crippen LogP contribution in [-0.4, -0.2) is 35.9 Å². The van der Waals surface area contributed by atoms with Gasteiger partial charge < -0.3 is 4.74 Å². The van der Waals surface area contributed by atoms with Gasteiger partial charge in [-0.25, -0.2) is 14.5 Å². The number of nitrogens with zero attached hydrogens (tertiary/aromatic N) is 2. The van der Waals surface area contributed by atoms with Gasteiger partial charge in [0.2, 0.25) is 0 Å². The first-order chi connectivity index (χ1) is 10.5. The molecule has 0 saturated heterocycles. The second-order valence-electron chi connectivity index (χ2n) is 5.98. The van der Waals surface area contributed by atoms with Gasteiger partial charge in [-0.3, -0.25) is 9.35 Å². The molecule has 0 fully saturated rings. The average Bonchev–Trinajstić information content (AvgIpc) is 2.37. The minimum atomic E-state index is -4.48. The standard InChI is InChI=1S/C14H22N2O6S/c1-5-6-8-16(13(18)22-14(2,3)4)15-9-7-11(10-12(15)17)23(19,20)21/h7,9-10H,5-6,8H2,1-4H3,(H,19,20,21). The van der Waals surface area contributed by atoms with Crippen molar-refractivity contribution >= 4 is 16.2 Å². The van der Waals surface area contributed by atoms with Crippen molar-refractivity contribution < 1.29 is 22.5 Å². The summed E-state index contributed by atoms with van der Waals surface area (Å²) in [6.45, 7) is 7.27. The first-order valence-corrected chi connectivity index (χ1v) is 8.60. The number of rotatable bonds is 5.